The second kappa shape index (κ2) is 5.97. The lowest BCUT2D eigenvalue weighted by molar-refractivity contribution is -0.121. The molecule has 0 bridgehead atoms. The molecular formula is C15H20O2. The first-order chi connectivity index (χ1) is 8.33. The largest absolute Gasteiger partial charge is 0.381 e. The molecule has 0 aliphatic heterocycles. The first-order valence-corrected chi connectivity index (χ1v) is 6.48. The minimum Gasteiger partial charge on any atom is -0.381 e. The van der Waals surface area contributed by atoms with Crippen molar-refractivity contribution < 1.29 is 9.53 Å². The molecule has 1 aliphatic carbocycles. The standard InChI is InChI=1S/C15H20O2/c1-2-9-17-10-8-15(16)14-11-13(14)12-6-4-3-5-7-12/h3-7,13-14H,2,8-11H2,1H3. The van der Waals surface area contributed by atoms with Crippen molar-refractivity contribution in [1.82, 2.24) is 0 Å². The fourth-order valence-corrected chi connectivity index (χ4v) is 2.22. The Balaban J connectivity index is 1.73. The summed E-state index contributed by atoms with van der Waals surface area (Å²) in [5.74, 6) is 1.09. The van der Waals surface area contributed by atoms with E-state index in [4.69, 9.17) is 4.74 Å². The summed E-state index contributed by atoms with van der Waals surface area (Å²) in [6.45, 7) is 3.43. The molecule has 1 fully saturated rings. The second-order valence-electron chi connectivity index (χ2n) is 4.69. The summed E-state index contributed by atoms with van der Waals surface area (Å²) in [5, 5.41) is 0. The van der Waals surface area contributed by atoms with Gasteiger partial charge in [-0.15, -0.1) is 0 Å². The maximum atomic E-state index is 11.9. The van der Waals surface area contributed by atoms with Crippen LogP contribution in [-0.4, -0.2) is 19.0 Å². The van der Waals surface area contributed by atoms with E-state index < -0.39 is 0 Å². The highest BCUT2D eigenvalue weighted by molar-refractivity contribution is 5.85. The maximum Gasteiger partial charge on any atom is 0.138 e. The van der Waals surface area contributed by atoms with E-state index in [9.17, 15) is 4.79 Å². The smallest absolute Gasteiger partial charge is 0.138 e. The lowest BCUT2D eigenvalue weighted by Crippen LogP contribution is -2.07. The number of hydrogen-bond acceptors (Lipinski definition) is 2. The molecule has 1 aliphatic rings. The lowest BCUT2D eigenvalue weighted by atomic mass is 10.1. The number of hydrogen-bond donors (Lipinski definition) is 0. The lowest BCUT2D eigenvalue weighted by Gasteiger charge is -2.02. The molecule has 2 atom stereocenters. The van der Waals surface area contributed by atoms with Crippen LogP contribution in [0.5, 0.6) is 0 Å². The summed E-state index contributed by atoms with van der Waals surface area (Å²) in [5.41, 5.74) is 1.31. The molecule has 1 aromatic carbocycles. The first-order valence-electron chi connectivity index (χ1n) is 6.48. The van der Waals surface area contributed by atoms with Crippen LogP contribution < -0.4 is 0 Å². The van der Waals surface area contributed by atoms with Crippen LogP contribution in [0.1, 0.15) is 37.7 Å². The van der Waals surface area contributed by atoms with Crippen LogP contribution in [0.15, 0.2) is 30.3 Å². The molecule has 92 valence electrons. The van der Waals surface area contributed by atoms with E-state index in [-0.39, 0.29) is 5.92 Å². The number of carbonyl (C=O) groups excluding carboxylic acids is 1. The predicted octanol–water partition coefficient (Wildman–Crippen LogP) is 3.18. The molecule has 0 aromatic heterocycles. The van der Waals surface area contributed by atoms with Crippen molar-refractivity contribution >= 4 is 5.78 Å². The quantitative estimate of drug-likeness (QED) is 0.675. The number of ketones is 1. The fraction of sp³-hybridized carbons (Fsp3) is 0.533. The molecule has 0 N–H and O–H groups in total. The third-order valence-electron chi connectivity index (χ3n) is 3.27. The van der Waals surface area contributed by atoms with E-state index in [2.05, 4.69) is 19.1 Å². The fourth-order valence-electron chi connectivity index (χ4n) is 2.22. The molecule has 2 heteroatoms. The van der Waals surface area contributed by atoms with Crippen LogP contribution in [0, 0.1) is 5.92 Å². The maximum absolute atomic E-state index is 11.9. The molecule has 0 heterocycles. The van der Waals surface area contributed by atoms with Crippen molar-refractivity contribution in [2.24, 2.45) is 5.92 Å². The van der Waals surface area contributed by atoms with Crippen molar-refractivity contribution in [3.8, 4) is 0 Å². The van der Waals surface area contributed by atoms with Gasteiger partial charge in [0.1, 0.15) is 5.78 Å². The summed E-state index contributed by atoms with van der Waals surface area (Å²) >= 11 is 0. The summed E-state index contributed by atoms with van der Waals surface area (Å²) in [4.78, 5) is 11.9. The van der Waals surface area contributed by atoms with Crippen molar-refractivity contribution in [3.05, 3.63) is 35.9 Å². The average molecular weight is 232 g/mol. The molecule has 2 rings (SSSR count). The zero-order chi connectivity index (χ0) is 12.1. The molecule has 1 saturated carbocycles. The SMILES string of the molecule is CCCOCCC(=O)C1CC1c1ccccc1. The van der Waals surface area contributed by atoms with E-state index in [0.29, 0.717) is 24.7 Å². The van der Waals surface area contributed by atoms with Gasteiger partial charge in [0, 0.05) is 18.9 Å². The molecule has 0 saturated heterocycles. The zero-order valence-corrected chi connectivity index (χ0v) is 10.4. The zero-order valence-electron chi connectivity index (χ0n) is 10.4. The van der Waals surface area contributed by atoms with Crippen molar-refractivity contribution in [1.29, 1.82) is 0 Å². The van der Waals surface area contributed by atoms with Gasteiger partial charge in [-0.05, 0) is 24.3 Å². The van der Waals surface area contributed by atoms with Crippen LogP contribution in [0.2, 0.25) is 0 Å². The Hall–Kier alpha value is -1.15. The van der Waals surface area contributed by atoms with Gasteiger partial charge in [-0.25, -0.2) is 0 Å². The van der Waals surface area contributed by atoms with Gasteiger partial charge < -0.3 is 4.74 Å². The topological polar surface area (TPSA) is 26.3 Å². The highest BCUT2D eigenvalue weighted by Gasteiger charge is 2.42. The molecule has 0 amide bonds. The van der Waals surface area contributed by atoms with Gasteiger partial charge in [-0.3, -0.25) is 4.79 Å². The third-order valence-corrected chi connectivity index (χ3v) is 3.27. The van der Waals surface area contributed by atoms with E-state index in [1.54, 1.807) is 0 Å². The van der Waals surface area contributed by atoms with Gasteiger partial charge in [0.15, 0.2) is 0 Å². The molecule has 2 nitrogen and oxygen atoms in total. The molecular weight excluding hydrogens is 212 g/mol. The Morgan fingerprint density at radius 2 is 2.06 bits per heavy atom. The van der Waals surface area contributed by atoms with E-state index in [1.807, 2.05) is 18.2 Å². The average Bonchev–Trinajstić information content (AvgIpc) is 3.16. The minimum atomic E-state index is 0.252. The van der Waals surface area contributed by atoms with Crippen LogP contribution in [0.25, 0.3) is 0 Å². The minimum absolute atomic E-state index is 0.252. The Morgan fingerprint density at radius 3 is 2.76 bits per heavy atom. The van der Waals surface area contributed by atoms with Gasteiger partial charge in [-0.1, -0.05) is 37.3 Å². The molecule has 0 spiro atoms. The van der Waals surface area contributed by atoms with Gasteiger partial charge in [0.2, 0.25) is 0 Å². The molecule has 0 radical (unpaired) electrons. The van der Waals surface area contributed by atoms with Crippen LogP contribution in [-0.2, 0) is 9.53 Å². The van der Waals surface area contributed by atoms with Crippen molar-refractivity contribution in [2.45, 2.75) is 32.1 Å². The molecule has 2 unspecified atom stereocenters. The number of carbonyl (C=O) groups is 1. The van der Waals surface area contributed by atoms with E-state index >= 15 is 0 Å². The Bertz CT molecular complexity index is 358. The summed E-state index contributed by atoms with van der Waals surface area (Å²) in [6, 6.07) is 10.3. The normalized spacial score (nSPS) is 22.4. The number of Topliss-reactive ketones (excluding diaryl/α,β-unsaturated/α-hetero) is 1. The highest BCUT2D eigenvalue weighted by Crippen LogP contribution is 2.48. The van der Waals surface area contributed by atoms with Crippen LogP contribution >= 0.6 is 0 Å². The number of rotatable bonds is 7. The van der Waals surface area contributed by atoms with Gasteiger partial charge in [-0.2, -0.15) is 0 Å². The summed E-state index contributed by atoms with van der Waals surface area (Å²) in [7, 11) is 0. The Kier molecular flexibility index (Phi) is 4.32. The van der Waals surface area contributed by atoms with Gasteiger partial charge >= 0.3 is 0 Å². The first kappa shape index (κ1) is 12.3. The van der Waals surface area contributed by atoms with Crippen LogP contribution in [0.3, 0.4) is 0 Å². The monoisotopic (exact) mass is 232 g/mol. The van der Waals surface area contributed by atoms with Crippen molar-refractivity contribution in [2.75, 3.05) is 13.2 Å². The third kappa shape index (κ3) is 3.40. The molecule has 17 heavy (non-hydrogen) atoms. The van der Waals surface area contributed by atoms with Gasteiger partial charge in [0.25, 0.3) is 0 Å². The number of benzene rings is 1. The Morgan fingerprint density at radius 1 is 1.29 bits per heavy atom. The van der Waals surface area contributed by atoms with E-state index in [0.717, 1.165) is 19.4 Å². The number of ether oxygens (including phenoxy) is 1. The summed E-state index contributed by atoms with van der Waals surface area (Å²) in [6.07, 6.45) is 2.62. The summed E-state index contributed by atoms with van der Waals surface area (Å²) < 4.78 is 5.35. The predicted molar refractivity (Wildman–Crippen MR) is 68.0 cm³/mol. The molecule has 1 aromatic rings. The second-order valence-corrected chi connectivity index (χ2v) is 4.69. The van der Waals surface area contributed by atoms with Gasteiger partial charge in [0.05, 0.1) is 6.61 Å². The Labute approximate surface area is 103 Å². The van der Waals surface area contributed by atoms with Crippen LogP contribution in [0.4, 0.5) is 0 Å². The van der Waals surface area contributed by atoms with E-state index in [1.165, 1.54) is 5.56 Å². The van der Waals surface area contributed by atoms with Crippen molar-refractivity contribution in [3.63, 3.8) is 0 Å². The highest BCUT2D eigenvalue weighted by atomic mass is 16.5.